The van der Waals surface area contributed by atoms with Crippen molar-refractivity contribution in [2.24, 2.45) is 0 Å². The van der Waals surface area contributed by atoms with E-state index in [1.54, 1.807) is 28.6 Å². The monoisotopic (exact) mass is 260 g/mol. The van der Waals surface area contributed by atoms with Crippen LogP contribution in [0.2, 0.25) is 5.02 Å². The summed E-state index contributed by atoms with van der Waals surface area (Å²) >= 11 is 5.76. The lowest BCUT2D eigenvalue weighted by atomic mass is 10.4. The van der Waals surface area contributed by atoms with E-state index in [-0.39, 0.29) is 0 Å². The molecule has 1 fully saturated rings. The number of ether oxygens (including phenoxy) is 1. The van der Waals surface area contributed by atoms with E-state index < -0.39 is 9.92 Å². The molecule has 1 saturated heterocycles. The van der Waals surface area contributed by atoms with E-state index in [0.717, 1.165) is 0 Å². The Bertz CT molecular complexity index is 452. The standard InChI is InChI=1S/C10H13ClN2O2S/c11-9-1-3-10(4-2-9)16(12,14)13-5-7-15-8-6-13/h1-4,12H,5-8H2. The van der Waals surface area contributed by atoms with Gasteiger partial charge in [0, 0.05) is 18.1 Å². The minimum Gasteiger partial charge on any atom is -0.379 e. The number of morpholine rings is 1. The maximum absolute atomic E-state index is 12.3. The van der Waals surface area contributed by atoms with Gasteiger partial charge in [0.2, 0.25) is 0 Å². The molecule has 0 bridgehead atoms. The highest BCUT2D eigenvalue weighted by Crippen LogP contribution is 2.19. The topological polar surface area (TPSA) is 53.4 Å². The van der Waals surface area contributed by atoms with Crippen molar-refractivity contribution in [1.82, 2.24) is 4.31 Å². The average Bonchev–Trinajstić information content (AvgIpc) is 2.31. The lowest BCUT2D eigenvalue weighted by molar-refractivity contribution is 0.0743. The Morgan fingerprint density at radius 1 is 1.25 bits per heavy atom. The number of halogens is 1. The molecule has 16 heavy (non-hydrogen) atoms. The summed E-state index contributed by atoms with van der Waals surface area (Å²) in [5, 5.41) is 0.584. The Labute approximate surface area is 100 Å². The molecule has 2 rings (SSSR count). The molecule has 1 aliphatic heterocycles. The van der Waals surface area contributed by atoms with Gasteiger partial charge < -0.3 is 4.74 Å². The summed E-state index contributed by atoms with van der Waals surface area (Å²) in [4.78, 5) is 0.499. The van der Waals surface area contributed by atoms with Gasteiger partial charge in [-0.2, -0.15) is 0 Å². The summed E-state index contributed by atoms with van der Waals surface area (Å²) in [6.45, 7) is 2.13. The molecule has 0 radical (unpaired) electrons. The van der Waals surface area contributed by atoms with Gasteiger partial charge in [0.15, 0.2) is 0 Å². The van der Waals surface area contributed by atoms with Gasteiger partial charge in [0.25, 0.3) is 0 Å². The normalized spacial score (nSPS) is 21.6. The van der Waals surface area contributed by atoms with Crippen LogP contribution in [0.3, 0.4) is 0 Å². The van der Waals surface area contributed by atoms with E-state index in [9.17, 15) is 4.21 Å². The fourth-order valence-electron chi connectivity index (χ4n) is 1.57. The molecule has 1 aromatic rings. The molecule has 0 amide bonds. The largest absolute Gasteiger partial charge is 0.379 e. The van der Waals surface area contributed by atoms with Crippen LogP contribution < -0.4 is 0 Å². The maximum Gasteiger partial charge on any atom is 0.137 e. The van der Waals surface area contributed by atoms with E-state index in [2.05, 4.69) is 0 Å². The zero-order valence-corrected chi connectivity index (χ0v) is 10.3. The summed E-state index contributed by atoms with van der Waals surface area (Å²) in [6, 6.07) is 6.61. The Morgan fingerprint density at radius 2 is 1.81 bits per heavy atom. The van der Waals surface area contributed by atoms with Crippen molar-refractivity contribution in [1.29, 1.82) is 4.78 Å². The van der Waals surface area contributed by atoms with Gasteiger partial charge in [0.1, 0.15) is 9.92 Å². The third-order valence-electron chi connectivity index (χ3n) is 2.47. The summed E-state index contributed by atoms with van der Waals surface area (Å²) in [6.07, 6.45) is 0. The van der Waals surface area contributed by atoms with Gasteiger partial charge in [0.05, 0.1) is 18.1 Å². The summed E-state index contributed by atoms with van der Waals surface area (Å²) in [7, 11) is -2.88. The minimum absolute atomic E-state index is 0.499. The Morgan fingerprint density at radius 3 is 2.38 bits per heavy atom. The van der Waals surface area contributed by atoms with Gasteiger partial charge in [-0.3, -0.25) is 0 Å². The molecule has 1 unspecified atom stereocenters. The smallest absolute Gasteiger partial charge is 0.137 e. The molecule has 4 nitrogen and oxygen atoms in total. The lowest BCUT2D eigenvalue weighted by Crippen LogP contribution is -2.40. The van der Waals surface area contributed by atoms with E-state index in [4.69, 9.17) is 21.1 Å². The van der Waals surface area contributed by atoms with Crippen molar-refractivity contribution in [2.75, 3.05) is 26.3 Å². The molecule has 0 spiro atoms. The van der Waals surface area contributed by atoms with Crippen LogP contribution in [0.25, 0.3) is 0 Å². The SMILES string of the molecule is N=S(=O)(c1ccc(Cl)cc1)N1CCOCC1. The van der Waals surface area contributed by atoms with Crippen LogP contribution in [-0.4, -0.2) is 34.8 Å². The fourth-order valence-corrected chi connectivity index (χ4v) is 3.16. The zero-order chi connectivity index (χ0) is 11.6. The highest BCUT2D eigenvalue weighted by molar-refractivity contribution is 7.90. The third-order valence-corrected chi connectivity index (χ3v) is 4.72. The second kappa shape index (κ2) is 4.71. The Kier molecular flexibility index (Phi) is 3.49. The van der Waals surface area contributed by atoms with E-state index in [0.29, 0.717) is 36.2 Å². The van der Waals surface area contributed by atoms with Crippen LogP contribution in [0.15, 0.2) is 29.2 Å². The van der Waals surface area contributed by atoms with Crippen LogP contribution in [0.4, 0.5) is 0 Å². The number of benzene rings is 1. The third kappa shape index (κ3) is 2.38. The Balaban J connectivity index is 2.27. The molecule has 1 heterocycles. The first-order valence-corrected chi connectivity index (χ1v) is 6.87. The van der Waals surface area contributed by atoms with E-state index >= 15 is 0 Å². The summed E-state index contributed by atoms with van der Waals surface area (Å²) < 4.78 is 27.2. The van der Waals surface area contributed by atoms with Gasteiger partial charge in [-0.05, 0) is 24.3 Å². The van der Waals surface area contributed by atoms with Crippen LogP contribution in [0.1, 0.15) is 0 Å². The number of hydrogen-bond acceptors (Lipinski definition) is 3. The number of rotatable bonds is 2. The van der Waals surface area contributed by atoms with Gasteiger partial charge in [-0.15, -0.1) is 0 Å². The molecule has 0 aliphatic carbocycles. The van der Waals surface area contributed by atoms with Crippen LogP contribution in [-0.2, 0) is 14.7 Å². The first-order valence-electron chi connectivity index (χ1n) is 4.98. The first kappa shape index (κ1) is 11.9. The fraction of sp³-hybridized carbons (Fsp3) is 0.400. The molecule has 1 aliphatic rings. The zero-order valence-electron chi connectivity index (χ0n) is 8.69. The van der Waals surface area contributed by atoms with Gasteiger partial charge in [-0.25, -0.2) is 13.3 Å². The molecule has 1 aromatic carbocycles. The van der Waals surface area contributed by atoms with Crippen molar-refractivity contribution in [3.63, 3.8) is 0 Å². The molecular weight excluding hydrogens is 248 g/mol. The minimum atomic E-state index is -2.88. The number of nitrogens with zero attached hydrogens (tertiary/aromatic N) is 1. The second-order valence-electron chi connectivity index (χ2n) is 3.52. The molecule has 1 N–H and O–H groups in total. The highest BCUT2D eigenvalue weighted by Gasteiger charge is 2.22. The highest BCUT2D eigenvalue weighted by atomic mass is 35.5. The van der Waals surface area contributed by atoms with Crippen molar-refractivity contribution >= 4 is 21.5 Å². The first-order chi connectivity index (χ1) is 7.60. The van der Waals surface area contributed by atoms with Crippen molar-refractivity contribution in [3.05, 3.63) is 29.3 Å². The van der Waals surface area contributed by atoms with Gasteiger partial charge in [-0.1, -0.05) is 11.6 Å². The number of hydrogen-bond donors (Lipinski definition) is 1. The Hall–Kier alpha value is -0.620. The van der Waals surface area contributed by atoms with Crippen molar-refractivity contribution in [2.45, 2.75) is 4.90 Å². The van der Waals surface area contributed by atoms with Crippen molar-refractivity contribution in [3.8, 4) is 0 Å². The van der Waals surface area contributed by atoms with Crippen LogP contribution in [0.5, 0.6) is 0 Å². The van der Waals surface area contributed by atoms with E-state index in [1.807, 2.05) is 0 Å². The maximum atomic E-state index is 12.3. The lowest BCUT2D eigenvalue weighted by Gasteiger charge is -2.28. The second-order valence-corrected chi connectivity index (χ2v) is 6.00. The summed E-state index contributed by atoms with van der Waals surface area (Å²) in [5.74, 6) is 0. The summed E-state index contributed by atoms with van der Waals surface area (Å²) in [5.41, 5.74) is 0. The molecule has 0 aromatic heterocycles. The number of nitrogens with one attached hydrogen (secondary N) is 1. The van der Waals surface area contributed by atoms with Gasteiger partial charge >= 0.3 is 0 Å². The predicted molar refractivity (Wildman–Crippen MR) is 63.0 cm³/mol. The predicted octanol–water partition coefficient (Wildman–Crippen LogP) is 1.99. The molecular formula is C10H13ClN2O2S. The van der Waals surface area contributed by atoms with Crippen LogP contribution in [0, 0.1) is 4.78 Å². The average molecular weight is 261 g/mol. The molecule has 88 valence electrons. The molecule has 0 saturated carbocycles. The molecule has 6 heteroatoms. The molecule has 1 atom stereocenters. The van der Waals surface area contributed by atoms with Crippen molar-refractivity contribution < 1.29 is 8.95 Å². The quantitative estimate of drug-likeness (QED) is 0.884. The van der Waals surface area contributed by atoms with E-state index in [1.165, 1.54) is 0 Å². The van der Waals surface area contributed by atoms with Crippen LogP contribution >= 0.6 is 11.6 Å².